The fraction of sp³-hybridized carbons (Fsp3) is 0.769. The third kappa shape index (κ3) is 4.31. The molecule has 1 aliphatic heterocycles. The molecule has 0 aromatic rings. The molecule has 22 heavy (non-hydrogen) atoms. The van der Waals surface area contributed by atoms with Gasteiger partial charge in [-0.05, 0) is 40.5 Å². The first kappa shape index (κ1) is 18.2. The van der Waals surface area contributed by atoms with E-state index in [0.29, 0.717) is 12.8 Å². The zero-order valence-electron chi connectivity index (χ0n) is 13.6. The van der Waals surface area contributed by atoms with Gasteiger partial charge in [0, 0.05) is 24.2 Å². The smallest absolute Gasteiger partial charge is 0.333 e. The van der Waals surface area contributed by atoms with E-state index in [4.69, 9.17) is 0 Å². The highest BCUT2D eigenvalue weighted by atomic mass is 16.5. The SMILES string of the molecule is CNC(=O)NNC(=O)C(=O)NC1CC(C)(C)N(O)C(C)(C)C1. The van der Waals surface area contributed by atoms with Gasteiger partial charge in [-0.3, -0.25) is 15.0 Å². The van der Waals surface area contributed by atoms with E-state index < -0.39 is 28.9 Å². The van der Waals surface area contributed by atoms with Crippen LogP contribution in [0.4, 0.5) is 4.79 Å². The normalized spacial score (nSPS) is 20.8. The second kappa shape index (κ2) is 6.49. The van der Waals surface area contributed by atoms with Crippen LogP contribution in [0.15, 0.2) is 0 Å². The van der Waals surface area contributed by atoms with Crippen molar-refractivity contribution < 1.29 is 19.6 Å². The number of hydrazine groups is 1. The molecule has 1 saturated heterocycles. The summed E-state index contributed by atoms with van der Waals surface area (Å²) in [5.41, 5.74) is 2.97. The van der Waals surface area contributed by atoms with Gasteiger partial charge in [0.1, 0.15) is 0 Å². The molecule has 0 atom stereocenters. The Hall–Kier alpha value is -1.87. The molecule has 5 N–H and O–H groups in total. The summed E-state index contributed by atoms with van der Waals surface area (Å²) >= 11 is 0. The summed E-state index contributed by atoms with van der Waals surface area (Å²) in [4.78, 5) is 34.4. The van der Waals surface area contributed by atoms with E-state index in [-0.39, 0.29) is 6.04 Å². The zero-order valence-corrected chi connectivity index (χ0v) is 13.6. The summed E-state index contributed by atoms with van der Waals surface area (Å²) in [7, 11) is 1.38. The van der Waals surface area contributed by atoms with Crippen LogP contribution in [0.1, 0.15) is 40.5 Å². The Morgan fingerprint density at radius 2 is 1.50 bits per heavy atom. The summed E-state index contributed by atoms with van der Waals surface area (Å²) in [6.45, 7) is 7.45. The van der Waals surface area contributed by atoms with Crippen molar-refractivity contribution in [1.29, 1.82) is 0 Å². The number of urea groups is 1. The molecule has 0 aromatic heterocycles. The Morgan fingerprint density at radius 3 is 1.95 bits per heavy atom. The van der Waals surface area contributed by atoms with Crippen LogP contribution in [0.25, 0.3) is 0 Å². The van der Waals surface area contributed by atoms with E-state index in [9.17, 15) is 19.6 Å². The highest BCUT2D eigenvalue weighted by molar-refractivity contribution is 6.35. The Labute approximate surface area is 129 Å². The van der Waals surface area contributed by atoms with Gasteiger partial charge in [-0.1, -0.05) is 0 Å². The second-order valence-corrected chi connectivity index (χ2v) is 6.67. The highest BCUT2D eigenvalue weighted by Crippen LogP contribution is 2.36. The summed E-state index contributed by atoms with van der Waals surface area (Å²) in [5, 5.41) is 16.3. The quantitative estimate of drug-likeness (QED) is 0.329. The lowest BCUT2D eigenvalue weighted by molar-refractivity contribution is -0.246. The van der Waals surface area contributed by atoms with Crippen LogP contribution in [0, 0.1) is 0 Å². The van der Waals surface area contributed by atoms with Gasteiger partial charge >= 0.3 is 17.8 Å². The van der Waals surface area contributed by atoms with Crippen molar-refractivity contribution in [2.24, 2.45) is 0 Å². The topological polar surface area (TPSA) is 123 Å². The lowest BCUT2D eigenvalue weighted by atomic mass is 9.79. The zero-order chi connectivity index (χ0) is 17.1. The van der Waals surface area contributed by atoms with Crippen molar-refractivity contribution in [2.45, 2.75) is 57.7 Å². The minimum absolute atomic E-state index is 0.258. The van der Waals surface area contributed by atoms with E-state index in [2.05, 4.69) is 10.6 Å². The van der Waals surface area contributed by atoms with Crippen molar-refractivity contribution in [3.63, 3.8) is 0 Å². The van der Waals surface area contributed by atoms with Crippen LogP contribution in [0.2, 0.25) is 0 Å². The number of carbonyl (C=O) groups excluding carboxylic acids is 3. The average Bonchev–Trinajstić information content (AvgIpc) is 2.40. The second-order valence-electron chi connectivity index (χ2n) is 6.67. The standard InChI is InChI=1S/C13H25N5O4/c1-12(2)6-8(7-13(3,4)18(12)22)15-9(19)10(20)16-17-11(21)14-5/h8,22H,6-7H2,1-5H3,(H,15,19)(H,16,20)(H2,14,17,21). The molecule has 0 unspecified atom stereocenters. The Bertz CT molecular complexity index is 445. The maximum absolute atomic E-state index is 11.8. The lowest BCUT2D eigenvalue weighted by Gasteiger charge is -2.51. The summed E-state index contributed by atoms with van der Waals surface area (Å²) in [6.07, 6.45) is 0.990. The van der Waals surface area contributed by atoms with Crippen molar-refractivity contribution in [3.05, 3.63) is 0 Å². The number of hydrogen-bond donors (Lipinski definition) is 5. The largest absolute Gasteiger partial charge is 0.345 e. The van der Waals surface area contributed by atoms with Crippen LogP contribution in [-0.4, -0.2) is 52.3 Å². The van der Waals surface area contributed by atoms with Crippen molar-refractivity contribution in [2.75, 3.05) is 7.05 Å². The predicted molar refractivity (Wildman–Crippen MR) is 78.7 cm³/mol. The van der Waals surface area contributed by atoms with Gasteiger partial charge in [0.05, 0.1) is 0 Å². The van der Waals surface area contributed by atoms with E-state index >= 15 is 0 Å². The first-order valence-corrected chi connectivity index (χ1v) is 7.07. The van der Waals surface area contributed by atoms with Crippen molar-refractivity contribution in [3.8, 4) is 0 Å². The van der Waals surface area contributed by atoms with Gasteiger partial charge in [-0.15, -0.1) is 0 Å². The van der Waals surface area contributed by atoms with E-state index in [1.165, 1.54) is 12.1 Å². The third-order valence-corrected chi connectivity index (χ3v) is 3.70. The van der Waals surface area contributed by atoms with Crippen LogP contribution in [0.3, 0.4) is 0 Å². The molecule has 126 valence electrons. The van der Waals surface area contributed by atoms with Gasteiger partial charge in [-0.25, -0.2) is 10.2 Å². The minimum atomic E-state index is -0.953. The van der Waals surface area contributed by atoms with Gasteiger partial charge in [-0.2, -0.15) is 5.06 Å². The van der Waals surface area contributed by atoms with Gasteiger partial charge in [0.2, 0.25) is 0 Å². The fourth-order valence-electron chi connectivity index (χ4n) is 2.86. The number of hydroxylamine groups is 2. The third-order valence-electron chi connectivity index (χ3n) is 3.70. The van der Waals surface area contributed by atoms with E-state index in [1.54, 1.807) is 0 Å². The number of amides is 4. The average molecular weight is 315 g/mol. The minimum Gasteiger partial charge on any atom is -0.345 e. The molecule has 1 rings (SSSR count). The summed E-state index contributed by atoms with van der Waals surface area (Å²) in [5.74, 6) is -1.79. The van der Waals surface area contributed by atoms with Gasteiger partial charge < -0.3 is 15.8 Å². The lowest BCUT2D eigenvalue weighted by Crippen LogP contribution is -2.63. The molecule has 1 fully saturated rings. The summed E-state index contributed by atoms with van der Waals surface area (Å²) < 4.78 is 0. The van der Waals surface area contributed by atoms with Crippen LogP contribution >= 0.6 is 0 Å². The molecule has 0 radical (unpaired) electrons. The first-order chi connectivity index (χ1) is 9.99. The van der Waals surface area contributed by atoms with Crippen molar-refractivity contribution >= 4 is 17.8 Å². The molecule has 9 nitrogen and oxygen atoms in total. The molecular formula is C13H25N5O4. The monoisotopic (exact) mass is 315 g/mol. The molecule has 0 spiro atoms. The molecule has 0 aliphatic carbocycles. The van der Waals surface area contributed by atoms with E-state index in [1.807, 2.05) is 38.5 Å². The molecule has 9 heteroatoms. The Kier molecular flexibility index (Phi) is 5.36. The van der Waals surface area contributed by atoms with Crippen LogP contribution < -0.4 is 21.5 Å². The van der Waals surface area contributed by atoms with E-state index in [0.717, 1.165) is 0 Å². The molecule has 4 amide bonds. The Morgan fingerprint density at radius 1 is 1.00 bits per heavy atom. The number of nitrogens with zero attached hydrogens (tertiary/aromatic N) is 1. The molecule has 1 heterocycles. The molecular weight excluding hydrogens is 290 g/mol. The van der Waals surface area contributed by atoms with Gasteiger partial charge in [0.15, 0.2) is 0 Å². The Balaban J connectivity index is 2.61. The predicted octanol–water partition coefficient (Wildman–Crippen LogP) is -0.526. The maximum Gasteiger partial charge on any atom is 0.333 e. The van der Waals surface area contributed by atoms with Crippen molar-refractivity contribution in [1.82, 2.24) is 26.5 Å². The van der Waals surface area contributed by atoms with Crippen LogP contribution in [-0.2, 0) is 9.59 Å². The summed E-state index contributed by atoms with van der Waals surface area (Å²) in [6, 6.07) is -0.886. The first-order valence-electron chi connectivity index (χ1n) is 7.07. The molecule has 0 bridgehead atoms. The van der Waals surface area contributed by atoms with Crippen LogP contribution in [0.5, 0.6) is 0 Å². The number of carbonyl (C=O) groups is 3. The molecule has 1 aliphatic rings. The molecule has 0 aromatic carbocycles. The number of rotatable bonds is 1. The number of nitrogens with one attached hydrogen (secondary N) is 4. The van der Waals surface area contributed by atoms with Gasteiger partial charge in [0.25, 0.3) is 0 Å². The highest BCUT2D eigenvalue weighted by Gasteiger charge is 2.45. The fourth-order valence-corrected chi connectivity index (χ4v) is 2.86. The maximum atomic E-state index is 11.8. The number of hydrogen-bond acceptors (Lipinski definition) is 5. The molecule has 0 saturated carbocycles. The number of piperidine rings is 1.